The molecule has 2 rings (SSSR count). The van der Waals surface area contributed by atoms with Gasteiger partial charge in [0, 0.05) is 6.42 Å². The fourth-order valence-electron chi connectivity index (χ4n) is 1.98. The van der Waals surface area contributed by atoms with Crippen molar-refractivity contribution in [2.75, 3.05) is 11.5 Å². The Morgan fingerprint density at radius 2 is 1.76 bits per heavy atom. The molecule has 0 bridgehead atoms. The van der Waals surface area contributed by atoms with E-state index in [2.05, 4.69) is 49.4 Å². The first kappa shape index (κ1) is 12.5. The molecule has 0 saturated heterocycles. The van der Waals surface area contributed by atoms with Gasteiger partial charge in [0.1, 0.15) is 11.5 Å². The summed E-state index contributed by atoms with van der Waals surface area (Å²) in [4.78, 5) is 0. The van der Waals surface area contributed by atoms with Gasteiger partial charge in [-0.2, -0.15) is 0 Å². The highest BCUT2D eigenvalue weighted by Crippen LogP contribution is 2.15. The predicted octanol–water partition coefficient (Wildman–Crippen LogP) is 4.00. The number of fused-ring (bicyclic) bond motifs is 1. The second-order valence-electron chi connectivity index (χ2n) is 4.46. The standard InChI is InChI=1S/C16H20S/c1-2-3-11-17-12-10-14-8-9-15-6-4-5-7-16(15)13-14/h4-9,13H,2-3,10-12H2,1H3/p+1. The maximum absolute atomic E-state index is 2.34. The molecule has 1 heteroatoms. The summed E-state index contributed by atoms with van der Waals surface area (Å²) >= 11 is 1.61. The summed E-state index contributed by atoms with van der Waals surface area (Å²) in [6.07, 6.45) is 3.92. The number of hydrogen-bond acceptors (Lipinski definition) is 0. The van der Waals surface area contributed by atoms with Crippen LogP contribution in [-0.2, 0) is 18.2 Å². The van der Waals surface area contributed by atoms with E-state index in [1.165, 1.54) is 47.1 Å². The van der Waals surface area contributed by atoms with Crippen molar-refractivity contribution in [2.24, 2.45) is 0 Å². The summed E-state index contributed by atoms with van der Waals surface area (Å²) in [5.74, 6) is 2.67. The fourth-order valence-corrected chi connectivity index (χ4v) is 3.16. The molecule has 2 aromatic carbocycles. The minimum absolute atomic E-state index is 1.22. The van der Waals surface area contributed by atoms with E-state index in [4.69, 9.17) is 0 Å². The Morgan fingerprint density at radius 1 is 0.941 bits per heavy atom. The van der Waals surface area contributed by atoms with Gasteiger partial charge in [-0.3, -0.25) is 0 Å². The highest BCUT2D eigenvalue weighted by atomic mass is 32.2. The van der Waals surface area contributed by atoms with Crippen LogP contribution in [-0.4, -0.2) is 11.5 Å². The second-order valence-corrected chi connectivity index (χ2v) is 5.80. The Morgan fingerprint density at radius 3 is 2.59 bits per heavy atom. The molecule has 0 radical (unpaired) electrons. The summed E-state index contributed by atoms with van der Waals surface area (Å²) in [7, 11) is 0. The Hall–Kier alpha value is -0.950. The molecule has 0 fully saturated rings. The molecule has 0 aliphatic heterocycles. The van der Waals surface area contributed by atoms with Crippen LogP contribution in [0.1, 0.15) is 25.3 Å². The van der Waals surface area contributed by atoms with Crippen LogP contribution in [0.2, 0.25) is 0 Å². The lowest BCUT2D eigenvalue weighted by Gasteiger charge is -2.01. The maximum atomic E-state index is 2.34. The second kappa shape index (κ2) is 6.70. The number of hydrogen-bond donors (Lipinski definition) is 0. The molecule has 0 saturated carbocycles. The lowest BCUT2D eigenvalue weighted by atomic mass is 10.1. The predicted molar refractivity (Wildman–Crippen MR) is 81.1 cm³/mol. The minimum Gasteiger partial charge on any atom is -0.0652 e. The number of thiol groups is 1. The van der Waals surface area contributed by atoms with Crippen molar-refractivity contribution in [2.45, 2.75) is 26.2 Å². The van der Waals surface area contributed by atoms with Gasteiger partial charge in [0.25, 0.3) is 0 Å². The van der Waals surface area contributed by atoms with Gasteiger partial charge in [-0.05, 0) is 34.5 Å². The van der Waals surface area contributed by atoms with Crippen LogP contribution in [0.3, 0.4) is 0 Å². The molecule has 0 aliphatic carbocycles. The maximum Gasteiger partial charge on any atom is 0.109 e. The molecule has 2 aromatic rings. The molecule has 0 N–H and O–H groups in total. The van der Waals surface area contributed by atoms with E-state index < -0.39 is 0 Å². The number of benzene rings is 2. The van der Waals surface area contributed by atoms with Gasteiger partial charge >= 0.3 is 0 Å². The van der Waals surface area contributed by atoms with Crippen molar-refractivity contribution >= 4 is 22.5 Å². The SMILES string of the molecule is CCCC[SH+]CCc1ccc2ccccc2c1. The van der Waals surface area contributed by atoms with Crippen LogP contribution in [0.25, 0.3) is 10.8 Å². The molecule has 90 valence electrons. The van der Waals surface area contributed by atoms with Crippen molar-refractivity contribution in [1.82, 2.24) is 0 Å². The van der Waals surface area contributed by atoms with Crippen LogP contribution in [0.15, 0.2) is 42.5 Å². The number of unbranched alkanes of at least 4 members (excludes halogenated alkanes) is 1. The lowest BCUT2D eigenvalue weighted by Crippen LogP contribution is -1.98. The minimum atomic E-state index is 1.22. The van der Waals surface area contributed by atoms with Crippen LogP contribution in [0, 0.1) is 0 Å². The van der Waals surface area contributed by atoms with Gasteiger partial charge in [-0.15, -0.1) is 0 Å². The first-order valence-corrected chi connectivity index (χ1v) is 7.77. The Labute approximate surface area is 108 Å². The third kappa shape index (κ3) is 3.78. The van der Waals surface area contributed by atoms with E-state index in [9.17, 15) is 0 Å². The molecule has 17 heavy (non-hydrogen) atoms. The average Bonchev–Trinajstić information content (AvgIpc) is 2.38. The fraction of sp³-hybridized carbons (Fsp3) is 0.375. The normalized spacial score (nSPS) is 10.9. The van der Waals surface area contributed by atoms with Crippen LogP contribution in [0.4, 0.5) is 0 Å². The largest absolute Gasteiger partial charge is 0.109 e. The summed E-state index contributed by atoms with van der Waals surface area (Å²) in [5, 5.41) is 2.72. The summed E-state index contributed by atoms with van der Waals surface area (Å²) in [5.41, 5.74) is 1.48. The molecule has 0 nitrogen and oxygen atoms in total. The molecule has 0 amide bonds. The number of rotatable bonds is 6. The molecule has 0 aliphatic rings. The number of aryl methyl sites for hydroxylation is 1. The van der Waals surface area contributed by atoms with Crippen LogP contribution >= 0.6 is 0 Å². The van der Waals surface area contributed by atoms with E-state index in [0.717, 1.165) is 0 Å². The Bertz CT molecular complexity index is 462. The molecule has 0 atom stereocenters. The Kier molecular flexibility index (Phi) is 4.93. The monoisotopic (exact) mass is 245 g/mol. The van der Waals surface area contributed by atoms with Gasteiger partial charge in [-0.1, -0.05) is 55.8 Å². The Balaban J connectivity index is 1.90. The van der Waals surface area contributed by atoms with Crippen molar-refractivity contribution in [3.63, 3.8) is 0 Å². The van der Waals surface area contributed by atoms with Crippen molar-refractivity contribution in [3.8, 4) is 0 Å². The van der Waals surface area contributed by atoms with E-state index in [1.54, 1.807) is 11.8 Å². The third-order valence-electron chi connectivity index (χ3n) is 3.04. The molecule has 0 unspecified atom stereocenters. The summed E-state index contributed by atoms with van der Waals surface area (Å²) in [6.45, 7) is 2.26. The summed E-state index contributed by atoms with van der Waals surface area (Å²) < 4.78 is 0. The first-order chi connectivity index (χ1) is 8.40. The van der Waals surface area contributed by atoms with Crippen molar-refractivity contribution in [3.05, 3.63) is 48.0 Å². The molecule has 0 aromatic heterocycles. The zero-order valence-corrected chi connectivity index (χ0v) is 11.4. The van der Waals surface area contributed by atoms with Crippen molar-refractivity contribution < 1.29 is 0 Å². The van der Waals surface area contributed by atoms with Crippen LogP contribution < -0.4 is 0 Å². The molecular weight excluding hydrogens is 224 g/mol. The highest BCUT2D eigenvalue weighted by Gasteiger charge is 2.00. The van der Waals surface area contributed by atoms with E-state index >= 15 is 0 Å². The van der Waals surface area contributed by atoms with Gasteiger partial charge in [0.05, 0.1) is 0 Å². The molecular formula is C16H21S+. The average molecular weight is 245 g/mol. The van der Waals surface area contributed by atoms with Gasteiger partial charge in [0.15, 0.2) is 0 Å². The quantitative estimate of drug-likeness (QED) is 0.410. The third-order valence-corrected chi connectivity index (χ3v) is 4.21. The van der Waals surface area contributed by atoms with E-state index in [0.29, 0.717) is 0 Å². The highest BCUT2D eigenvalue weighted by molar-refractivity contribution is 7.78. The first-order valence-electron chi connectivity index (χ1n) is 6.51. The zero-order chi connectivity index (χ0) is 11.9. The van der Waals surface area contributed by atoms with E-state index in [1.807, 2.05) is 0 Å². The van der Waals surface area contributed by atoms with Crippen LogP contribution in [0.5, 0.6) is 0 Å². The summed E-state index contributed by atoms with van der Waals surface area (Å²) in [6, 6.07) is 15.5. The zero-order valence-electron chi connectivity index (χ0n) is 10.5. The lowest BCUT2D eigenvalue weighted by molar-refractivity contribution is 0.894. The van der Waals surface area contributed by atoms with Crippen molar-refractivity contribution in [1.29, 1.82) is 0 Å². The van der Waals surface area contributed by atoms with E-state index in [-0.39, 0.29) is 0 Å². The smallest absolute Gasteiger partial charge is 0.0652 e. The van der Waals surface area contributed by atoms with Gasteiger partial charge in [0.2, 0.25) is 0 Å². The topological polar surface area (TPSA) is 0 Å². The van der Waals surface area contributed by atoms with Gasteiger partial charge < -0.3 is 0 Å². The molecule has 0 heterocycles. The molecule has 0 spiro atoms. The van der Waals surface area contributed by atoms with Gasteiger partial charge in [-0.25, -0.2) is 0 Å².